The van der Waals surface area contributed by atoms with E-state index in [-0.39, 0.29) is 0 Å². The highest BCUT2D eigenvalue weighted by molar-refractivity contribution is 5.13. The van der Waals surface area contributed by atoms with Gasteiger partial charge in [-0.3, -0.25) is 4.98 Å². The molecule has 0 aromatic carbocycles. The summed E-state index contributed by atoms with van der Waals surface area (Å²) in [4.78, 5) is 4.14. The molecule has 2 aromatic rings. The summed E-state index contributed by atoms with van der Waals surface area (Å²) in [5, 5.41) is 3.52. The highest BCUT2D eigenvalue weighted by Gasteiger charge is 2.05. The fourth-order valence-corrected chi connectivity index (χ4v) is 1.93. The zero-order chi connectivity index (χ0) is 12.1. The Labute approximate surface area is 103 Å². The number of nitrogens with zero attached hydrogens (tertiary/aromatic N) is 2. The summed E-state index contributed by atoms with van der Waals surface area (Å²) < 4.78 is 2.25. The van der Waals surface area contributed by atoms with E-state index in [1.165, 1.54) is 11.3 Å². The van der Waals surface area contributed by atoms with Crippen molar-refractivity contribution in [1.29, 1.82) is 0 Å². The Morgan fingerprint density at radius 2 is 2.24 bits per heavy atom. The summed E-state index contributed by atoms with van der Waals surface area (Å²) >= 11 is 0. The van der Waals surface area contributed by atoms with Gasteiger partial charge in [-0.15, -0.1) is 0 Å². The van der Waals surface area contributed by atoms with Gasteiger partial charge in [0.15, 0.2) is 0 Å². The van der Waals surface area contributed by atoms with E-state index in [9.17, 15) is 0 Å². The van der Waals surface area contributed by atoms with Crippen molar-refractivity contribution in [2.75, 3.05) is 0 Å². The minimum Gasteiger partial charge on any atom is -0.351 e. The molecule has 0 saturated carbocycles. The van der Waals surface area contributed by atoms with Crippen molar-refractivity contribution in [3.05, 3.63) is 54.1 Å². The Kier molecular flexibility index (Phi) is 3.94. The number of nitrogens with one attached hydrogen (secondary N) is 1. The Balaban J connectivity index is 1.95. The highest BCUT2D eigenvalue weighted by Crippen LogP contribution is 2.11. The molecular weight excluding hydrogens is 210 g/mol. The number of aromatic nitrogens is 2. The molecule has 3 nitrogen and oxygen atoms in total. The van der Waals surface area contributed by atoms with Gasteiger partial charge in [0.05, 0.1) is 0 Å². The first-order valence-electron chi connectivity index (χ1n) is 6.08. The van der Waals surface area contributed by atoms with E-state index >= 15 is 0 Å². The van der Waals surface area contributed by atoms with E-state index in [0.717, 1.165) is 13.1 Å². The van der Waals surface area contributed by atoms with Crippen molar-refractivity contribution < 1.29 is 0 Å². The summed E-state index contributed by atoms with van der Waals surface area (Å²) in [6.07, 6.45) is 5.83. The molecule has 0 aliphatic heterocycles. The topological polar surface area (TPSA) is 29.9 Å². The second-order valence-corrected chi connectivity index (χ2v) is 4.17. The first-order chi connectivity index (χ1) is 8.31. The zero-order valence-corrected chi connectivity index (χ0v) is 10.4. The normalized spacial score (nSPS) is 12.6. The number of pyridine rings is 1. The molecule has 0 amide bonds. The van der Waals surface area contributed by atoms with Gasteiger partial charge >= 0.3 is 0 Å². The van der Waals surface area contributed by atoms with Crippen LogP contribution in [0, 0.1) is 0 Å². The summed E-state index contributed by atoms with van der Waals surface area (Å²) in [5.74, 6) is 0. The van der Waals surface area contributed by atoms with Crippen molar-refractivity contribution >= 4 is 0 Å². The summed E-state index contributed by atoms with van der Waals surface area (Å²) in [5.41, 5.74) is 2.55. The van der Waals surface area contributed by atoms with Gasteiger partial charge in [0.25, 0.3) is 0 Å². The molecule has 1 atom stereocenters. The van der Waals surface area contributed by atoms with Gasteiger partial charge in [0, 0.05) is 43.4 Å². The van der Waals surface area contributed by atoms with E-state index in [2.05, 4.69) is 53.1 Å². The maximum absolute atomic E-state index is 4.14. The van der Waals surface area contributed by atoms with Crippen LogP contribution in [0.3, 0.4) is 0 Å². The van der Waals surface area contributed by atoms with E-state index in [1.54, 1.807) is 6.20 Å². The molecule has 0 saturated heterocycles. The molecule has 1 unspecified atom stereocenters. The molecule has 90 valence electrons. The second kappa shape index (κ2) is 5.64. The van der Waals surface area contributed by atoms with E-state index < -0.39 is 0 Å². The van der Waals surface area contributed by atoms with Crippen LogP contribution in [-0.4, -0.2) is 9.55 Å². The monoisotopic (exact) mass is 229 g/mol. The molecule has 2 aromatic heterocycles. The van der Waals surface area contributed by atoms with Crippen LogP contribution in [0.2, 0.25) is 0 Å². The third-order valence-electron chi connectivity index (χ3n) is 3.04. The molecule has 2 rings (SSSR count). The zero-order valence-electron chi connectivity index (χ0n) is 10.4. The molecule has 17 heavy (non-hydrogen) atoms. The Bertz CT molecular complexity index is 448. The van der Waals surface area contributed by atoms with Gasteiger partial charge in [0.2, 0.25) is 0 Å². The summed E-state index contributed by atoms with van der Waals surface area (Å²) in [7, 11) is 0. The van der Waals surface area contributed by atoms with Crippen molar-refractivity contribution in [3.63, 3.8) is 0 Å². The number of aryl methyl sites for hydroxylation is 1. The molecule has 2 heterocycles. The smallest absolute Gasteiger partial charge is 0.0364 e. The van der Waals surface area contributed by atoms with Gasteiger partial charge in [-0.2, -0.15) is 0 Å². The van der Waals surface area contributed by atoms with E-state index in [0.29, 0.717) is 6.04 Å². The van der Waals surface area contributed by atoms with Crippen LogP contribution in [0.15, 0.2) is 42.9 Å². The molecule has 0 aliphatic rings. The molecule has 0 bridgehead atoms. The first-order valence-corrected chi connectivity index (χ1v) is 6.08. The van der Waals surface area contributed by atoms with Gasteiger partial charge in [-0.05, 0) is 37.6 Å². The highest BCUT2D eigenvalue weighted by atomic mass is 15.0. The van der Waals surface area contributed by atoms with Crippen LogP contribution >= 0.6 is 0 Å². The molecule has 0 fully saturated rings. The first kappa shape index (κ1) is 11.9. The lowest BCUT2D eigenvalue weighted by molar-refractivity contribution is 0.548. The molecule has 1 N–H and O–H groups in total. The lowest BCUT2D eigenvalue weighted by atomic mass is 10.1. The van der Waals surface area contributed by atoms with Crippen LogP contribution in [0.5, 0.6) is 0 Å². The van der Waals surface area contributed by atoms with E-state index in [4.69, 9.17) is 0 Å². The third kappa shape index (κ3) is 2.94. The second-order valence-electron chi connectivity index (χ2n) is 4.17. The fourth-order valence-electron chi connectivity index (χ4n) is 1.93. The fraction of sp³-hybridized carbons (Fsp3) is 0.357. The average molecular weight is 229 g/mol. The standard InChI is InChI=1S/C14H19N3/c1-3-17-9-5-7-14(17)11-16-12(2)13-6-4-8-15-10-13/h4-10,12,16H,3,11H2,1-2H3. The number of hydrogen-bond donors (Lipinski definition) is 1. The predicted octanol–water partition coefficient (Wildman–Crippen LogP) is 2.75. The quantitative estimate of drug-likeness (QED) is 0.854. The van der Waals surface area contributed by atoms with Crippen LogP contribution in [0.25, 0.3) is 0 Å². The van der Waals surface area contributed by atoms with Crippen molar-refractivity contribution in [2.24, 2.45) is 0 Å². The van der Waals surface area contributed by atoms with Crippen LogP contribution in [0.4, 0.5) is 0 Å². The SMILES string of the molecule is CCn1cccc1CNC(C)c1cccnc1. The van der Waals surface area contributed by atoms with Crippen molar-refractivity contribution in [3.8, 4) is 0 Å². The number of hydrogen-bond acceptors (Lipinski definition) is 2. The Morgan fingerprint density at radius 3 is 2.94 bits per heavy atom. The summed E-state index contributed by atoms with van der Waals surface area (Å²) in [6, 6.07) is 8.65. The Hall–Kier alpha value is -1.61. The van der Waals surface area contributed by atoms with Gasteiger partial charge in [-0.25, -0.2) is 0 Å². The van der Waals surface area contributed by atoms with Gasteiger partial charge < -0.3 is 9.88 Å². The van der Waals surface area contributed by atoms with Crippen LogP contribution < -0.4 is 5.32 Å². The lowest BCUT2D eigenvalue weighted by Crippen LogP contribution is -2.19. The van der Waals surface area contributed by atoms with Gasteiger partial charge in [0.1, 0.15) is 0 Å². The van der Waals surface area contributed by atoms with Crippen molar-refractivity contribution in [2.45, 2.75) is 33.0 Å². The minimum absolute atomic E-state index is 0.323. The molecule has 3 heteroatoms. The maximum atomic E-state index is 4.14. The largest absolute Gasteiger partial charge is 0.351 e. The van der Waals surface area contributed by atoms with E-state index in [1.807, 2.05) is 12.3 Å². The minimum atomic E-state index is 0.323. The van der Waals surface area contributed by atoms with Crippen LogP contribution in [-0.2, 0) is 13.1 Å². The number of rotatable bonds is 5. The molecular formula is C14H19N3. The molecule has 0 spiro atoms. The predicted molar refractivity (Wildman–Crippen MR) is 69.6 cm³/mol. The lowest BCUT2D eigenvalue weighted by Gasteiger charge is -2.14. The molecule has 0 radical (unpaired) electrons. The van der Waals surface area contributed by atoms with Gasteiger partial charge in [-0.1, -0.05) is 6.07 Å². The third-order valence-corrected chi connectivity index (χ3v) is 3.04. The molecule has 0 aliphatic carbocycles. The summed E-state index contributed by atoms with van der Waals surface area (Å²) in [6.45, 7) is 6.23. The van der Waals surface area contributed by atoms with Crippen molar-refractivity contribution in [1.82, 2.24) is 14.9 Å². The average Bonchev–Trinajstić information content (AvgIpc) is 2.84. The maximum Gasteiger partial charge on any atom is 0.0364 e. The Morgan fingerprint density at radius 1 is 1.35 bits per heavy atom. The van der Waals surface area contributed by atoms with Crippen LogP contribution in [0.1, 0.15) is 31.1 Å².